The lowest BCUT2D eigenvalue weighted by molar-refractivity contribution is -0.143. The number of carbonyl (C=O) groups is 2. The Morgan fingerprint density at radius 3 is 2.24 bits per heavy atom. The second kappa shape index (κ2) is 12.6. The van der Waals surface area contributed by atoms with E-state index in [4.69, 9.17) is 4.74 Å². The number of nitrogens with one attached hydrogen (secondary N) is 1. The van der Waals surface area contributed by atoms with Crippen molar-refractivity contribution in [2.75, 3.05) is 6.61 Å². The Labute approximate surface area is 220 Å². The molecule has 0 spiro atoms. The average Bonchev–Trinajstić information content (AvgIpc) is 3.40. The SMILES string of the molecule is Cc1ccc(CN(C(=O)COc2ccc(C)cc2C)[C@H](Cc2ccccc2)C(=O)NC2CCCC2)cc1. The Morgan fingerprint density at radius 2 is 1.57 bits per heavy atom. The van der Waals surface area contributed by atoms with Crippen LogP contribution in [-0.4, -0.2) is 35.4 Å². The van der Waals surface area contributed by atoms with E-state index < -0.39 is 6.04 Å². The third kappa shape index (κ3) is 7.45. The molecule has 2 amide bonds. The van der Waals surface area contributed by atoms with Gasteiger partial charge in [-0.1, -0.05) is 90.7 Å². The number of aryl methyl sites for hydroxylation is 3. The first kappa shape index (κ1) is 26.5. The van der Waals surface area contributed by atoms with Gasteiger partial charge in [-0.15, -0.1) is 0 Å². The van der Waals surface area contributed by atoms with Crippen molar-refractivity contribution < 1.29 is 14.3 Å². The minimum atomic E-state index is -0.639. The fourth-order valence-electron chi connectivity index (χ4n) is 5.00. The number of carbonyl (C=O) groups excluding carboxylic acids is 2. The third-order valence-corrected chi connectivity index (χ3v) is 7.13. The molecule has 0 heterocycles. The zero-order valence-electron chi connectivity index (χ0n) is 22.2. The molecule has 0 bridgehead atoms. The van der Waals surface area contributed by atoms with Crippen LogP contribution in [-0.2, 0) is 22.6 Å². The highest BCUT2D eigenvalue weighted by Gasteiger charge is 2.32. The Balaban J connectivity index is 1.61. The van der Waals surface area contributed by atoms with Crippen molar-refractivity contribution in [3.05, 3.63) is 101 Å². The van der Waals surface area contributed by atoms with Gasteiger partial charge in [0.05, 0.1) is 0 Å². The summed E-state index contributed by atoms with van der Waals surface area (Å²) in [5.74, 6) is 0.384. The molecule has 3 aromatic carbocycles. The van der Waals surface area contributed by atoms with Gasteiger partial charge in [0.1, 0.15) is 11.8 Å². The maximum atomic E-state index is 13.8. The van der Waals surface area contributed by atoms with Crippen LogP contribution >= 0.6 is 0 Å². The number of hydrogen-bond donors (Lipinski definition) is 1. The Bertz CT molecular complexity index is 1180. The molecule has 4 rings (SSSR count). The van der Waals surface area contributed by atoms with Crippen LogP contribution in [0.2, 0.25) is 0 Å². The molecule has 1 atom stereocenters. The summed E-state index contributed by atoms with van der Waals surface area (Å²) < 4.78 is 5.98. The number of amides is 2. The van der Waals surface area contributed by atoms with E-state index in [0.717, 1.165) is 53.5 Å². The molecule has 1 aliphatic rings. The first-order chi connectivity index (χ1) is 17.9. The fraction of sp³-hybridized carbons (Fsp3) is 0.375. The van der Waals surface area contributed by atoms with Crippen molar-refractivity contribution in [1.82, 2.24) is 10.2 Å². The van der Waals surface area contributed by atoms with E-state index >= 15 is 0 Å². The Morgan fingerprint density at radius 1 is 0.892 bits per heavy atom. The smallest absolute Gasteiger partial charge is 0.261 e. The molecule has 0 aliphatic heterocycles. The third-order valence-electron chi connectivity index (χ3n) is 7.13. The van der Waals surface area contributed by atoms with E-state index in [1.807, 2.05) is 93.6 Å². The van der Waals surface area contributed by atoms with Crippen molar-refractivity contribution in [2.24, 2.45) is 0 Å². The molecule has 3 aromatic rings. The summed E-state index contributed by atoms with van der Waals surface area (Å²) in [5, 5.41) is 3.24. The topological polar surface area (TPSA) is 58.6 Å². The maximum Gasteiger partial charge on any atom is 0.261 e. The highest BCUT2D eigenvalue weighted by molar-refractivity contribution is 5.88. The summed E-state index contributed by atoms with van der Waals surface area (Å²) in [6, 6.07) is 23.5. The number of benzene rings is 3. The first-order valence-electron chi connectivity index (χ1n) is 13.3. The highest BCUT2D eigenvalue weighted by atomic mass is 16.5. The van der Waals surface area contributed by atoms with E-state index in [2.05, 4.69) is 5.32 Å². The van der Waals surface area contributed by atoms with Crippen molar-refractivity contribution in [1.29, 1.82) is 0 Å². The zero-order valence-corrected chi connectivity index (χ0v) is 22.2. The van der Waals surface area contributed by atoms with Crippen LogP contribution < -0.4 is 10.1 Å². The molecule has 194 valence electrons. The number of rotatable bonds is 10. The van der Waals surface area contributed by atoms with Gasteiger partial charge in [0.25, 0.3) is 5.91 Å². The normalized spacial score (nSPS) is 14.2. The average molecular weight is 499 g/mol. The molecule has 5 heteroatoms. The van der Waals surface area contributed by atoms with E-state index in [-0.39, 0.29) is 24.5 Å². The van der Waals surface area contributed by atoms with Crippen LogP contribution in [0.4, 0.5) is 0 Å². The lowest BCUT2D eigenvalue weighted by atomic mass is 10.0. The van der Waals surface area contributed by atoms with Crippen LogP contribution in [0.1, 0.15) is 53.5 Å². The highest BCUT2D eigenvalue weighted by Crippen LogP contribution is 2.22. The molecule has 0 radical (unpaired) electrons. The molecular weight excluding hydrogens is 460 g/mol. The molecule has 0 saturated heterocycles. The standard InChI is InChI=1S/C32H38N2O3/c1-23-13-16-27(17-14-23)21-34(31(35)22-37-30-18-15-24(2)19-25(30)3)29(20-26-9-5-4-6-10-26)32(36)33-28-11-7-8-12-28/h4-6,9-10,13-19,28-29H,7-8,11-12,20-22H2,1-3H3,(H,33,36)/t29-/m1/s1. The van der Waals surface area contributed by atoms with E-state index in [1.165, 1.54) is 0 Å². The summed E-state index contributed by atoms with van der Waals surface area (Å²) in [4.78, 5) is 29.2. The van der Waals surface area contributed by atoms with Gasteiger partial charge in [-0.05, 0) is 56.4 Å². The van der Waals surface area contributed by atoms with Crippen LogP contribution in [0.25, 0.3) is 0 Å². The van der Waals surface area contributed by atoms with Crippen LogP contribution in [0.15, 0.2) is 72.8 Å². The van der Waals surface area contributed by atoms with E-state index in [9.17, 15) is 9.59 Å². The second-order valence-electron chi connectivity index (χ2n) is 10.3. The quantitative estimate of drug-likeness (QED) is 0.391. The Kier molecular flexibility index (Phi) is 8.99. The van der Waals surface area contributed by atoms with Crippen LogP contribution in [0.5, 0.6) is 5.75 Å². The van der Waals surface area contributed by atoms with Gasteiger partial charge >= 0.3 is 0 Å². The molecule has 37 heavy (non-hydrogen) atoms. The minimum Gasteiger partial charge on any atom is -0.483 e. The zero-order chi connectivity index (χ0) is 26.2. The first-order valence-corrected chi connectivity index (χ1v) is 13.3. The number of hydrogen-bond acceptors (Lipinski definition) is 3. The van der Waals surface area contributed by atoms with Crippen molar-refractivity contribution >= 4 is 11.8 Å². The summed E-state index contributed by atoms with van der Waals surface area (Å²) >= 11 is 0. The van der Waals surface area contributed by atoms with Gasteiger partial charge in [0.15, 0.2) is 6.61 Å². The van der Waals surface area contributed by atoms with E-state index in [1.54, 1.807) is 4.90 Å². The molecule has 0 unspecified atom stereocenters. The maximum absolute atomic E-state index is 13.8. The number of nitrogens with zero attached hydrogens (tertiary/aromatic N) is 1. The van der Waals surface area contributed by atoms with Gasteiger partial charge in [0.2, 0.25) is 5.91 Å². The predicted molar refractivity (Wildman–Crippen MR) is 147 cm³/mol. The minimum absolute atomic E-state index is 0.0947. The lowest BCUT2D eigenvalue weighted by Crippen LogP contribution is -2.53. The molecule has 1 N–H and O–H groups in total. The second-order valence-corrected chi connectivity index (χ2v) is 10.3. The molecule has 5 nitrogen and oxygen atoms in total. The van der Waals surface area contributed by atoms with Crippen molar-refractivity contribution in [3.63, 3.8) is 0 Å². The van der Waals surface area contributed by atoms with Crippen LogP contribution in [0, 0.1) is 20.8 Å². The lowest BCUT2D eigenvalue weighted by Gasteiger charge is -2.32. The summed E-state index contributed by atoms with van der Waals surface area (Å²) in [6.07, 6.45) is 4.69. The van der Waals surface area contributed by atoms with Gasteiger partial charge < -0.3 is 15.0 Å². The van der Waals surface area contributed by atoms with Crippen molar-refractivity contribution in [3.8, 4) is 5.75 Å². The van der Waals surface area contributed by atoms with Gasteiger partial charge in [0, 0.05) is 19.0 Å². The van der Waals surface area contributed by atoms with Gasteiger partial charge in [-0.25, -0.2) is 0 Å². The largest absolute Gasteiger partial charge is 0.483 e. The summed E-state index contributed by atoms with van der Waals surface area (Å²) in [6.45, 7) is 6.26. The molecule has 1 saturated carbocycles. The summed E-state index contributed by atoms with van der Waals surface area (Å²) in [7, 11) is 0. The van der Waals surface area contributed by atoms with Gasteiger partial charge in [-0.3, -0.25) is 9.59 Å². The monoisotopic (exact) mass is 498 g/mol. The van der Waals surface area contributed by atoms with Crippen LogP contribution in [0.3, 0.4) is 0 Å². The predicted octanol–water partition coefficient (Wildman–Crippen LogP) is 5.69. The molecule has 0 aromatic heterocycles. The fourth-order valence-corrected chi connectivity index (χ4v) is 5.00. The van der Waals surface area contributed by atoms with Gasteiger partial charge in [-0.2, -0.15) is 0 Å². The summed E-state index contributed by atoms with van der Waals surface area (Å²) in [5.41, 5.74) is 5.28. The molecular formula is C32H38N2O3. The Hall–Kier alpha value is -3.60. The molecule has 1 aliphatic carbocycles. The molecule has 1 fully saturated rings. The van der Waals surface area contributed by atoms with Crippen molar-refractivity contribution in [2.45, 2.75) is 71.5 Å². The number of ether oxygens (including phenoxy) is 1. The van der Waals surface area contributed by atoms with E-state index in [0.29, 0.717) is 18.7 Å².